The SMILES string of the molecule is Cc1nnc(COc2ccc3c(-c4ccccc4)cc(=O)oc3c2)s1. The molecular formula is C19H14N2O3S. The average Bonchev–Trinajstić information content (AvgIpc) is 3.05. The van der Waals surface area contributed by atoms with E-state index in [1.807, 2.05) is 49.4 Å². The van der Waals surface area contributed by atoms with Crippen LogP contribution in [0.3, 0.4) is 0 Å². The monoisotopic (exact) mass is 350 g/mol. The van der Waals surface area contributed by atoms with Crippen LogP contribution in [-0.2, 0) is 6.61 Å². The Hall–Kier alpha value is -2.99. The van der Waals surface area contributed by atoms with Crippen molar-refractivity contribution in [3.63, 3.8) is 0 Å². The molecule has 25 heavy (non-hydrogen) atoms. The molecular weight excluding hydrogens is 336 g/mol. The molecule has 0 saturated heterocycles. The van der Waals surface area contributed by atoms with Crippen LogP contribution in [-0.4, -0.2) is 10.2 Å². The molecule has 0 fully saturated rings. The summed E-state index contributed by atoms with van der Waals surface area (Å²) in [5, 5.41) is 10.6. The van der Waals surface area contributed by atoms with Crippen molar-refractivity contribution in [2.24, 2.45) is 0 Å². The average molecular weight is 350 g/mol. The first-order valence-corrected chi connectivity index (χ1v) is 8.56. The van der Waals surface area contributed by atoms with Gasteiger partial charge < -0.3 is 9.15 Å². The van der Waals surface area contributed by atoms with Crippen molar-refractivity contribution in [2.75, 3.05) is 0 Å². The highest BCUT2D eigenvalue weighted by atomic mass is 32.1. The van der Waals surface area contributed by atoms with Crippen LogP contribution in [0, 0.1) is 6.92 Å². The Bertz CT molecular complexity index is 1090. The van der Waals surface area contributed by atoms with Crippen molar-refractivity contribution in [1.29, 1.82) is 0 Å². The van der Waals surface area contributed by atoms with Crippen LogP contribution >= 0.6 is 11.3 Å². The van der Waals surface area contributed by atoms with E-state index in [0.29, 0.717) is 17.9 Å². The predicted octanol–water partition coefficient (Wildman–Crippen LogP) is 4.20. The van der Waals surface area contributed by atoms with Crippen LogP contribution in [0.15, 0.2) is 63.8 Å². The molecule has 2 heterocycles. The molecule has 0 aliphatic carbocycles. The van der Waals surface area contributed by atoms with Gasteiger partial charge in [0.25, 0.3) is 0 Å². The summed E-state index contributed by atoms with van der Waals surface area (Å²) in [6.45, 7) is 2.23. The van der Waals surface area contributed by atoms with Crippen molar-refractivity contribution < 1.29 is 9.15 Å². The highest BCUT2D eigenvalue weighted by Crippen LogP contribution is 2.29. The zero-order chi connectivity index (χ0) is 17.2. The largest absolute Gasteiger partial charge is 0.486 e. The number of aryl methyl sites for hydroxylation is 1. The van der Waals surface area contributed by atoms with Gasteiger partial charge in [0.05, 0.1) is 0 Å². The number of hydrogen-bond acceptors (Lipinski definition) is 6. The second kappa shape index (κ2) is 6.49. The summed E-state index contributed by atoms with van der Waals surface area (Å²) in [7, 11) is 0. The fourth-order valence-corrected chi connectivity index (χ4v) is 3.25. The number of hydrogen-bond donors (Lipinski definition) is 0. The maximum atomic E-state index is 11.9. The highest BCUT2D eigenvalue weighted by Gasteiger charge is 2.09. The van der Waals surface area contributed by atoms with Gasteiger partial charge in [-0.25, -0.2) is 4.79 Å². The first kappa shape index (κ1) is 15.5. The van der Waals surface area contributed by atoms with Gasteiger partial charge in [-0.3, -0.25) is 0 Å². The number of ether oxygens (including phenoxy) is 1. The van der Waals surface area contributed by atoms with E-state index in [1.165, 1.54) is 17.4 Å². The molecule has 2 aromatic carbocycles. The summed E-state index contributed by atoms with van der Waals surface area (Å²) in [4.78, 5) is 11.9. The summed E-state index contributed by atoms with van der Waals surface area (Å²) in [5.41, 5.74) is 1.93. The molecule has 0 aliphatic rings. The minimum Gasteiger partial charge on any atom is -0.486 e. The number of rotatable bonds is 4. The van der Waals surface area contributed by atoms with E-state index in [1.54, 1.807) is 6.07 Å². The second-order valence-electron chi connectivity index (χ2n) is 5.51. The standard InChI is InChI=1S/C19H14N2O3S/c1-12-20-21-18(25-12)11-23-14-7-8-15-16(13-5-3-2-4-6-13)10-19(22)24-17(15)9-14/h2-10H,11H2,1H3. The van der Waals surface area contributed by atoms with Gasteiger partial charge >= 0.3 is 5.63 Å². The summed E-state index contributed by atoms with van der Waals surface area (Å²) >= 11 is 1.49. The quantitative estimate of drug-likeness (QED) is 0.516. The first-order valence-electron chi connectivity index (χ1n) is 7.74. The summed E-state index contributed by atoms with van der Waals surface area (Å²) in [6.07, 6.45) is 0. The molecule has 124 valence electrons. The van der Waals surface area contributed by atoms with Gasteiger partial charge in [-0.2, -0.15) is 0 Å². The van der Waals surface area contributed by atoms with E-state index in [9.17, 15) is 4.79 Å². The van der Waals surface area contributed by atoms with Crippen molar-refractivity contribution in [3.05, 3.63) is 75.0 Å². The molecule has 0 unspecified atom stereocenters. The van der Waals surface area contributed by atoms with Crippen LogP contribution in [0.1, 0.15) is 10.0 Å². The Balaban J connectivity index is 1.70. The van der Waals surface area contributed by atoms with E-state index in [-0.39, 0.29) is 5.63 Å². The Morgan fingerprint density at radius 2 is 1.92 bits per heavy atom. The zero-order valence-corrected chi connectivity index (χ0v) is 14.2. The summed E-state index contributed by atoms with van der Waals surface area (Å²) in [6, 6.07) is 16.8. The fourth-order valence-electron chi connectivity index (χ4n) is 2.63. The van der Waals surface area contributed by atoms with Crippen molar-refractivity contribution in [1.82, 2.24) is 10.2 Å². The number of benzene rings is 2. The van der Waals surface area contributed by atoms with Gasteiger partial charge in [0.1, 0.15) is 22.9 Å². The maximum Gasteiger partial charge on any atom is 0.336 e. The third-order valence-electron chi connectivity index (χ3n) is 3.73. The van der Waals surface area contributed by atoms with Crippen LogP contribution in [0.2, 0.25) is 0 Å². The Kier molecular flexibility index (Phi) is 4.03. The minimum absolute atomic E-state index is 0.333. The second-order valence-corrected chi connectivity index (χ2v) is 6.77. The predicted molar refractivity (Wildman–Crippen MR) is 96.9 cm³/mol. The van der Waals surface area contributed by atoms with Crippen LogP contribution in [0.25, 0.3) is 22.1 Å². The van der Waals surface area contributed by atoms with Gasteiger partial charge in [-0.15, -0.1) is 10.2 Å². The molecule has 0 atom stereocenters. The molecule has 0 saturated carbocycles. The van der Waals surface area contributed by atoms with Gasteiger partial charge in [-0.1, -0.05) is 41.7 Å². The Morgan fingerprint density at radius 1 is 1.08 bits per heavy atom. The van der Waals surface area contributed by atoms with Gasteiger partial charge in [0.15, 0.2) is 5.01 Å². The lowest BCUT2D eigenvalue weighted by molar-refractivity contribution is 0.304. The maximum absolute atomic E-state index is 11.9. The van der Waals surface area contributed by atoms with Crippen molar-refractivity contribution >= 4 is 22.3 Å². The smallest absolute Gasteiger partial charge is 0.336 e. The summed E-state index contributed by atoms with van der Waals surface area (Å²) in [5.74, 6) is 0.619. The third kappa shape index (κ3) is 3.29. The van der Waals surface area contributed by atoms with Crippen LogP contribution in [0.4, 0.5) is 0 Å². The molecule has 0 bridgehead atoms. The molecule has 4 aromatic rings. The number of aromatic nitrogens is 2. The van der Waals surface area contributed by atoms with E-state index >= 15 is 0 Å². The fraction of sp³-hybridized carbons (Fsp3) is 0.105. The number of nitrogens with zero attached hydrogens (tertiary/aromatic N) is 2. The van der Waals surface area contributed by atoms with E-state index in [0.717, 1.165) is 26.5 Å². The Labute approximate surface area is 147 Å². The lowest BCUT2D eigenvalue weighted by atomic mass is 10.0. The van der Waals surface area contributed by atoms with Crippen LogP contribution < -0.4 is 10.4 Å². The molecule has 2 aromatic heterocycles. The van der Waals surface area contributed by atoms with E-state index < -0.39 is 0 Å². The van der Waals surface area contributed by atoms with Crippen molar-refractivity contribution in [2.45, 2.75) is 13.5 Å². The molecule has 5 nitrogen and oxygen atoms in total. The normalized spacial score (nSPS) is 10.9. The molecule has 0 radical (unpaired) electrons. The molecule has 6 heteroatoms. The summed E-state index contributed by atoms with van der Waals surface area (Å²) < 4.78 is 11.1. The van der Waals surface area contributed by atoms with Gasteiger partial charge in [0.2, 0.25) is 0 Å². The highest BCUT2D eigenvalue weighted by molar-refractivity contribution is 7.11. The molecule has 0 amide bonds. The molecule has 4 rings (SSSR count). The van der Waals surface area contributed by atoms with Crippen molar-refractivity contribution in [3.8, 4) is 16.9 Å². The topological polar surface area (TPSA) is 65.2 Å². The zero-order valence-electron chi connectivity index (χ0n) is 13.4. The molecule has 0 spiro atoms. The third-order valence-corrected chi connectivity index (χ3v) is 4.54. The minimum atomic E-state index is -0.386. The molecule has 0 aliphatic heterocycles. The van der Waals surface area contributed by atoms with Gasteiger partial charge in [-0.05, 0) is 30.2 Å². The van der Waals surface area contributed by atoms with E-state index in [4.69, 9.17) is 9.15 Å². The van der Waals surface area contributed by atoms with E-state index in [2.05, 4.69) is 10.2 Å². The first-order chi connectivity index (χ1) is 12.2. The Morgan fingerprint density at radius 3 is 2.68 bits per heavy atom. The van der Waals surface area contributed by atoms with Gasteiger partial charge in [0, 0.05) is 17.5 Å². The van der Waals surface area contributed by atoms with Crippen LogP contribution in [0.5, 0.6) is 5.75 Å². The lowest BCUT2D eigenvalue weighted by Gasteiger charge is -2.08. The number of fused-ring (bicyclic) bond motifs is 1. The molecule has 0 N–H and O–H groups in total. The lowest BCUT2D eigenvalue weighted by Crippen LogP contribution is -1.99.